The van der Waals surface area contributed by atoms with Gasteiger partial charge in [-0.05, 0) is 64.0 Å². The maximum Gasteiger partial charge on any atom is 0.0578 e. The largest absolute Gasteiger partial charge is 0.378 e. The molecule has 0 aromatic heterocycles. The van der Waals surface area contributed by atoms with Crippen LogP contribution in [-0.4, -0.2) is 36.7 Å². The Balaban J connectivity index is 1.37. The first-order valence-corrected chi connectivity index (χ1v) is 7.27. The zero-order valence-electron chi connectivity index (χ0n) is 10.4. The molecule has 3 fully saturated rings. The molecular weight excluding hydrogens is 198 g/mol. The molecule has 1 atom stereocenters. The minimum Gasteiger partial charge on any atom is -0.378 e. The van der Waals surface area contributed by atoms with E-state index in [2.05, 4.69) is 4.90 Å². The van der Waals surface area contributed by atoms with Crippen LogP contribution in [0.2, 0.25) is 0 Å². The fourth-order valence-corrected chi connectivity index (χ4v) is 3.68. The number of rotatable bonds is 3. The zero-order valence-corrected chi connectivity index (χ0v) is 10.4. The number of likely N-dealkylation sites (tertiary alicyclic amines) is 1. The average Bonchev–Trinajstić information content (AvgIpc) is 2.77. The summed E-state index contributed by atoms with van der Waals surface area (Å²) < 4.78 is 5.73. The van der Waals surface area contributed by atoms with Gasteiger partial charge in [0.25, 0.3) is 0 Å². The Labute approximate surface area is 99.3 Å². The van der Waals surface area contributed by atoms with Gasteiger partial charge in [0, 0.05) is 12.6 Å². The van der Waals surface area contributed by atoms with Crippen LogP contribution in [0.4, 0.5) is 0 Å². The highest BCUT2D eigenvalue weighted by Gasteiger charge is 2.35. The molecule has 2 heterocycles. The lowest BCUT2D eigenvalue weighted by Crippen LogP contribution is -2.47. The second-order valence-corrected chi connectivity index (χ2v) is 5.96. The van der Waals surface area contributed by atoms with Crippen molar-refractivity contribution < 1.29 is 4.74 Å². The Kier molecular flexibility index (Phi) is 3.49. The molecule has 3 aliphatic rings. The average molecular weight is 223 g/mol. The summed E-state index contributed by atoms with van der Waals surface area (Å²) in [6, 6.07) is 0.937. The van der Waals surface area contributed by atoms with Gasteiger partial charge in [0.15, 0.2) is 0 Å². The second-order valence-electron chi connectivity index (χ2n) is 5.96. The van der Waals surface area contributed by atoms with Gasteiger partial charge in [-0.3, -0.25) is 0 Å². The van der Waals surface area contributed by atoms with E-state index in [1.165, 1.54) is 64.5 Å². The molecule has 92 valence electrons. The first-order valence-electron chi connectivity index (χ1n) is 7.27. The Bertz CT molecular complexity index is 213. The lowest BCUT2D eigenvalue weighted by molar-refractivity contribution is 0.0232. The van der Waals surface area contributed by atoms with E-state index in [9.17, 15) is 0 Å². The fourth-order valence-electron chi connectivity index (χ4n) is 3.68. The van der Waals surface area contributed by atoms with E-state index in [1.807, 2.05) is 0 Å². The quantitative estimate of drug-likeness (QED) is 0.729. The molecule has 1 saturated carbocycles. The van der Waals surface area contributed by atoms with Gasteiger partial charge in [-0.15, -0.1) is 0 Å². The van der Waals surface area contributed by atoms with Crippen molar-refractivity contribution in [1.29, 1.82) is 0 Å². The summed E-state index contributed by atoms with van der Waals surface area (Å²) in [5.41, 5.74) is 0. The molecule has 2 saturated heterocycles. The molecule has 2 aliphatic heterocycles. The first kappa shape index (κ1) is 11.0. The normalized spacial score (nSPS) is 40.9. The maximum atomic E-state index is 5.73. The molecule has 0 aromatic carbocycles. The first-order chi connectivity index (χ1) is 7.92. The molecular formula is C14H25NO. The van der Waals surface area contributed by atoms with Crippen LogP contribution < -0.4 is 0 Å². The highest BCUT2D eigenvalue weighted by atomic mass is 16.5. The number of nitrogens with zero attached hydrogens (tertiary/aromatic N) is 1. The molecule has 2 heteroatoms. The van der Waals surface area contributed by atoms with Crippen molar-refractivity contribution in [1.82, 2.24) is 4.90 Å². The Morgan fingerprint density at radius 1 is 1.00 bits per heavy atom. The molecule has 0 bridgehead atoms. The summed E-state index contributed by atoms with van der Waals surface area (Å²) in [4.78, 5) is 2.75. The van der Waals surface area contributed by atoms with Crippen LogP contribution in [0.1, 0.15) is 51.4 Å². The maximum absolute atomic E-state index is 5.73. The molecule has 1 unspecified atom stereocenters. The van der Waals surface area contributed by atoms with Crippen molar-refractivity contribution in [2.45, 2.75) is 63.5 Å². The summed E-state index contributed by atoms with van der Waals surface area (Å²) >= 11 is 0. The SMILES string of the molecule is C1CCN(C2CC(CC3CCCO3)C2)CC1. The van der Waals surface area contributed by atoms with E-state index < -0.39 is 0 Å². The van der Waals surface area contributed by atoms with Gasteiger partial charge in [-0.25, -0.2) is 0 Å². The minimum atomic E-state index is 0.618. The summed E-state index contributed by atoms with van der Waals surface area (Å²) in [7, 11) is 0. The number of hydrogen-bond donors (Lipinski definition) is 0. The summed E-state index contributed by atoms with van der Waals surface area (Å²) in [5, 5.41) is 0. The van der Waals surface area contributed by atoms with Crippen LogP contribution in [0.5, 0.6) is 0 Å². The van der Waals surface area contributed by atoms with Gasteiger partial charge < -0.3 is 9.64 Å². The van der Waals surface area contributed by atoms with E-state index in [4.69, 9.17) is 4.74 Å². The molecule has 3 rings (SSSR count). The zero-order chi connectivity index (χ0) is 10.8. The van der Waals surface area contributed by atoms with Crippen LogP contribution in [-0.2, 0) is 4.74 Å². The molecule has 0 radical (unpaired) electrons. The van der Waals surface area contributed by atoms with Crippen molar-refractivity contribution in [3.05, 3.63) is 0 Å². The van der Waals surface area contributed by atoms with E-state index in [0.717, 1.165) is 18.6 Å². The molecule has 0 spiro atoms. The molecule has 0 aromatic rings. The Hall–Kier alpha value is -0.0800. The van der Waals surface area contributed by atoms with E-state index in [-0.39, 0.29) is 0 Å². The topological polar surface area (TPSA) is 12.5 Å². The van der Waals surface area contributed by atoms with Crippen molar-refractivity contribution in [2.75, 3.05) is 19.7 Å². The predicted molar refractivity (Wildman–Crippen MR) is 65.5 cm³/mol. The molecule has 2 nitrogen and oxygen atoms in total. The van der Waals surface area contributed by atoms with Gasteiger partial charge in [-0.2, -0.15) is 0 Å². The van der Waals surface area contributed by atoms with Crippen LogP contribution in [0, 0.1) is 5.92 Å². The minimum absolute atomic E-state index is 0.618. The molecule has 0 N–H and O–H groups in total. The third kappa shape index (κ3) is 2.43. The standard InChI is InChI=1S/C14H25NO/c1-2-6-15(7-3-1)13-9-12(10-13)11-14-5-4-8-16-14/h12-14H,1-11H2. The van der Waals surface area contributed by atoms with Crippen molar-refractivity contribution in [3.8, 4) is 0 Å². The second kappa shape index (κ2) is 5.05. The highest BCUT2D eigenvalue weighted by Crippen LogP contribution is 2.37. The van der Waals surface area contributed by atoms with E-state index >= 15 is 0 Å². The predicted octanol–water partition coefficient (Wildman–Crippen LogP) is 2.82. The van der Waals surface area contributed by atoms with Crippen LogP contribution in [0.25, 0.3) is 0 Å². The Morgan fingerprint density at radius 2 is 1.81 bits per heavy atom. The highest BCUT2D eigenvalue weighted by molar-refractivity contribution is 4.89. The third-order valence-corrected chi connectivity index (χ3v) is 4.74. The lowest BCUT2D eigenvalue weighted by Gasteiger charge is -2.45. The third-order valence-electron chi connectivity index (χ3n) is 4.74. The van der Waals surface area contributed by atoms with Gasteiger partial charge >= 0.3 is 0 Å². The molecule has 0 amide bonds. The number of piperidine rings is 1. The summed E-state index contributed by atoms with van der Waals surface area (Å²) in [6.07, 6.45) is 11.8. The fraction of sp³-hybridized carbons (Fsp3) is 1.00. The number of ether oxygens (including phenoxy) is 1. The lowest BCUT2D eigenvalue weighted by atomic mass is 9.75. The van der Waals surface area contributed by atoms with Crippen LogP contribution in [0.15, 0.2) is 0 Å². The number of hydrogen-bond acceptors (Lipinski definition) is 2. The molecule has 16 heavy (non-hydrogen) atoms. The summed E-state index contributed by atoms with van der Waals surface area (Å²) in [5.74, 6) is 0.982. The van der Waals surface area contributed by atoms with Gasteiger partial charge in [0.05, 0.1) is 6.10 Å². The van der Waals surface area contributed by atoms with E-state index in [0.29, 0.717) is 6.10 Å². The summed E-state index contributed by atoms with van der Waals surface area (Å²) in [6.45, 7) is 3.77. The van der Waals surface area contributed by atoms with E-state index in [1.54, 1.807) is 0 Å². The van der Waals surface area contributed by atoms with Crippen LogP contribution >= 0.6 is 0 Å². The van der Waals surface area contributed by atoms with Crippen molar-refractivity contribution in [2.24, 2.45) is 5.92 Å². The molecule has 1 aliphatic carbocycles. The smallest absolute Gasteiger partial charge is 0.0578 e. The monoisotopic (exact) mass is 223 g/mol. The van der Waals surface area contributed by atoms with Crippen molar-refractivity contribution in [3.63, 3.8) is 0 Å². The van der Waals surface area contributed by atoms with Gasteiger partial charge in [0.1, 0.15) is 0 Å². The van der Waals surface area contributed by atoms with Gasteiger partial charge in [0.2, 0.25) is 0 Å². The Morgan fingerprint density at radius 3 is 2.50 bits per heavy atom. The van der Waals surface area contributed by atoms with Gasteiger partial charge in [-0.1, -0.05) is 6.42 Å². The van der Waals surface area contributed by atoms with Crippen LogP contribution in [0.3, 0.4) is 0 Å². The van der Waals surface area contributed by atoms with Crippen molar-refractivity contribution >= 4 is 0 Å².